The maximum Gasteiger partial charge on any atom is 0.123 e. The van der Waals surface area contributed by atoms with Crippen LogP contribution < -0.4 is 10.1 Å². The molecule has 1 atom stereocenters. The third-order valence-corrected chi connectivity index (χ3v) is 3.85. The number of halogens is 1. The predicted molar refractivity (Wildman–Crippen MR) is 95.3 cm³/mol. The summed E-state index contributed by atoms with van der Waals surface area (Å²) in [5.41, 5.74) is 1.39. The standard InChI is InChI=1S/C18H30BrNO/c1-7-8-15(12-20-18(4,5)6)21-17-10-9-14(19)11-16(17)13(2)3/h9-11,13,15,20H,7-8,12H2,1-6H3. The van der Waals surface area contributed by atoms with Crippen molar-refractivity contribution in [3.8, 4) is 5.75 Å². The van der Waals surface area contributed by atoms with E-state index in [0.29, 0.717) is 5.92 Å². The minimum Gasteiger partial charge on any atom is -0.489 e. The molecule has 21 heavy (non-hydrogen) atoms. The lowest BCUT2D eigenvalue weighted by atomic mass is 10.0. The smallest absolute Gasteiger partial charge is 0.123 e. The number of hydrogen-bond donors (Lipinski definition) is 1. The van der Waals surface area contributed by atoms with Crippen molar-refractivity contribution in [1.82, 2.24) is 5.32 Å². The van der Waals surface area contributed by atoms with Gasteiger partial charge >= 0.3 is 0 Å². The molecule has 0 saturated heterocycles. The van der Waals surface area contributed by atoms with Gasteiger partial charge in [-0.3, -0.25) is 0 Å². The Morgan fingerprint density at radius 2 is 1.90 bits per heavy atom. The van der Waals surface area contributed by atoms with Gasteiger partial charge in [0.05, 0.1) is 0 Å². The second-order valence-corrected chi connectivity index (χ2v) is 7.91. The molecule has 0 fully saturated rings. The Hall–Kier alpha value is -0.540. The van der Waals surface area contributed by atoms with Crippen LogP contribution in [-0.2, 0) is 0 Å². The summed E-state index contributed by atoms with van der Waals surface area (Å²) in [6.45, 7) is 14.1. The van der Waals surface area contributed by atoms with E-state index in [-0.39, 0.29) is 11.6 Å². The largest absolute Gasteiger partial charge is 0.489 e. The molecular formula is C18H30BrNO. The topological polar surface area (TPSA) is 21.3 Å². The van der Waals surface area contributed by atoms with Crippen molar-refractivity contribution in [2.45, 2.75) is 71.9 Å². The third kappa shape index (κ3) is 6.84. The van der Waals surface area contributed by atoms with E-state index >= 15 is 0 Å². The Bertz CT molecular complexity index is 437. The number of rotatable bonds is 7. The van der Waals surface area contributed by atoms with Gasteiger partial charge in [-0.2, -0.15) is 0 Å². The molecule has 1 rings (SSSR count). The second-order valence-electron chi connectivity index (χ2n) is 7.00. The third-order valence-electron chi connectivity index (χ3n) is 3.36. The van der Waals surface area contributed by atoms with E-state index in [0.717, 1.165) is 29.6 Å². The number of nitrogens with one attached hydrogen (secondary N) is 1. The van der Waals surface area contributed by atoms with E-state index < -0.39 is 0 Å². The average Bonchev–Trinajstić information content (AvgIpc) is 2.37. The fourth-order valence-electron chi connectivity index (χ4n) is 2.20. The molecule has 0 aromatic heterocycles. The average molecular weight is 356 g/mol. The molecule has 0 amide bonds. The zero-order valence-corrected chi connectivity index (χ0v) is 15.9. The van der Waals surface area contributed by atoms with Crippen molar-refractivity contribution >= 4 is 15.9 Å². The molecule has 0 saturated carbocycles. The van der Waals surface area contributed by atoms with Gasteiger partial charge in [0, 0.05) is 16.6 Å². The van der Waals surface area contributed by atoms with E-state index in [1.165, 1.54) is 5.56 Å². The van der Waals surface area contributed by atoms with Gasteiger partial charge in [0.25, 0.3) is 0 Å². The molecule has 0 spiro atoms. The monoisotopic (exact) mass is 355 g/mol. The number of ether oxygens (including phenoxy) is 1. The Morgan fingerprint density at radius 1 is 1.24 bits per heavy atom. The minimum atomic E-state index is 0.121. The Labute approximate surface area is 138 Å². The maximum atomic E-state index is 6.31. The zero-order valence-electron chi connectivity index (χ0n) is 14.3. The molecule has 120 valence electrons. The van der Waals surface area contributed by atoms with Crippen molar-refractivity contribution in [2.24, 2.45) is 0 Å². The summed E-state index contributed by atoms with van der Waals surface area (Å²) in [6, 6.07) is 6.31. The maximum absolute atomic E-state index is 6.31. The van der Waals surface area contributed by atoms with E-state index in [1.54, 1.807) is 0 Å². The summed E-state index contributed by atoms with van der Waals surface area (Å²) in [5, 5.41) is 3.55. The molecule has 1 aromatic rings. The van der Waals surface area contributed by atoms with Crippen molar-refractivity contribution in [1.29, 1.82) is 0 Å². The summed E-state index contributed by atoms with van der Waals surface area (Å²) >= 11 is 3.55. The number of benzene rings is 1. The molecule has 0 bridgehead atoms. The quantitative estimate of drug-likeness (QED) is 0.696. The molecule has 0 radical (unpaired) electrons. The Kier molecular flexibility index (Phi) is 7.22. The summed E-state index contributed by atoms with van der Waals surface area (Å²) in [6.07, 6.45) is 2.41. The Morgan fingerprint density at radius 3 is 2.43 bits per heavy atom. The predicted octanol–water partition coefficient (Wildman–Crippen LogP) is 5.51. The van der Waals surface area contributed by atoms with Gasteiger partial charge in [-0.05, 0) is 56.9 Å². The molecule has 1 N–H and O–H groups in total. The highest BCUT2D eigenvalue weighted by atomic mass is 79.9. The summed E-state index contributed by atoms with van der Waals surface area (Å²) < 4.78 is 7.42. The van der Waals surface area contributed by atoms with Crippen LogP contribution in [0.5, 0.6) is 5.75 Å². The van der Waals surface area contributed by atoms with E-state index in [9.17, 15) is 0 Å². The van der Waals surface area contributed by atoms with Crippen LogP contribution in [0.15, 0.2) is 22.7 Å². The first-order chi connectivity index (χ1) is 9.73. The minimum absolute atomic E-state index is 0.121. The van der Waals surface area contributed by atoms with Crippen LogP contribution in [0, 0.1) is 0 Å². The molecule has 2 nitrogen and oxygen atoms in total. The number of hydrogen-bond acceptors (Lipinski definition) is 2. The van der Waals surface area contributed by atoms with Crippen LogP contribution in [0.4, 0.5) is 0 Å². The van der Waals surface area contributed by atoms with Crippen molar-refractivity contribution in [2.75, 3.05) is 6.54 Å². The van der Waals surface area contributed by atoms with Gasteiger partial charge in [-0.1, -0.05) is 43.1 Å². The molecule has 0 aliphatic heterocycles. The van der Waals surface area contributed by atoms with Crippen LogP contribution in [0.1, 0.15) is 65.9 Å². The van der Waals surface area contributed by atoms with Crippen molar-refractivity contribution < 1.29 is 4.74 Å². The molecule has 0 heterocycles. The molecular weight excluding hydrogens is 326 g/mol. The van der Waals surface area contributed by atoms with E-state index in [1.807, 2.05) is 0 Å². The first-order valence-corrected chi connectivity index (χ1v) is 8.73. The fourth-order valence-corrected chi connectivity index (χ4v) is 2.58. The fraction of sp³-hybridized carbons (Fsp3) is 0.667. The SMILES string of the molecule is CCCC(CNC(C)(C)C)Oc1ccc(Br)cc1C(C)C. The van der Waals surface area contributed by atoms with Crippen LogP contribution in [-0.4, -0.2) is 18.2 Å². The Balaban J connectivity index is 2.83. The van der Waals surface area contributed by atoms with Crippen molar-refractivity contribution in [3.63, 3.8) is 0 Å². The van der Waals surface area contributed by atoms with Gasteiger partial charge in [0.2, 0.25) is 0 Å². The highest BCUT2D eigenvalue weighted by molar-refractivity contribution is 9.10. The highest BCUT2D eigenvalue weighted by Gasteiger charge is 2.17. The van der Waals surface area contributed by atoms with Gasteiger partial charge in [0.1, 0.15) is 11.9 Å². The van der Waals surface area contributed by atoms with Crippen LogP contribution >= 0.6 is 15.9 Å². The molecule has 1 unspecified atom stereocenters. The lowest BCUT2D eigenvalue weighted by Gasteiger charge is -2.27. The van der Waals surface area contributed by atoms with Crippen LogP contribution in [0.3, 0.4) is 0 Å². The normalized spacial score (nSPS) is 13.5. The zero-order chi connectivity index (χ0) is 16.0. The van der Waals surface area contributed by atoms with Crippen LogP contribution in [0.2, 0.25) is 0 Å². The van der Waals surface area contributed by atoms with Crippen molar-refractivity contribution in [3.05, 3.63) is 28.2 Å². The summed E-state index contributed by atoms with van der Waals surface area (Å²) in [5.74, 6) is 1.47. The summed E-state index contributed by atoms with van der Waals surface area (Å²) in [7, 11) is 0. The van der Waals surface area contributed by atoms with Gasteiger partial charge in [-0.15, -0.1) is 0 Å². The lowest BCUT2D eigenvalue weighted by molar-refractivity contribution is 0.173. The van der Waals surface area contributed by atoms with Gasteiger partial charge in [0.15, 0.2) is 0 Å². The van der Waals surface area contributed by atoms with E-state index in [2.05, 4.69) is 81.0 Å². The first kappa shape index (κ1) is 18.5. The highest BCUT2D eigenvalue weighted by Crippen LogP contribution is 2.30. The summed E-state index contributed by atoms with van der Waals surface area (Å²) in [4.78, 5) is 0. The lowest BCUT2D eigenvalue weighted by Crippen LogP contribution is -2.42. The molecule has 3 heteroatoms. The second kappa shape index (κ2) is 8.19. The van der Waals surface area contributed by atoms with Gasteiger partial charge in [-0.25, -0.2) is 0 Å². The molecule has 0 aliphatic rings. The molecule has 0 aliphatic carbocycles. The van der Waals surface area contributed by atoms with E-state index in [4.69, 9.17) is 4.74 Å². The first-order valence-electron chi connectivity index (χ1n) is 7.94. The van der Waals surface area contributed by atoms with Gasteiger partial charge < -0.3 is 10.1 Å². The molecule has 1 aromatic carbocycles. The van der Waals surface area contributed by atoms with Crippen LogP contribution in [0.25, 0.3) is 0 Å².